The van der Waals surface area contributed by atoms with Crippen LogP contribution in [0.15, 0.2) is 24.4 Å². The second-order valence-corrected chi connectivity index (χ2v) is 6.33. The number of carbonyl (C=O) groups excluding carboxylic acids is 1. The molecule has 1 aliphatic carbocycles. The van der Waals surface area contributed by atoms with E-state index in [0.717, 1.165) is 32.0 Å². The van der Waals surface area contributed by atoms with Gasteiger partial charge in [0.05, 0.1) is 0 Å². The number of aromatic nitrogens is 1. The van der Waals surface area contributed by atoms with Gasteiger partial charge < -0.3 is 9.80 Å². The van der Waals surface area contributed by atoms with Crippen LogP contribution in [0, 0.1) is 11.8 Å². The SMILES string of the molecule is CC(C(=O)N1CCN(c2ccccn2)CC1)C1CCCC1. The fraction of sp³-hybridized carbons (Fsp3) is 0.647. The Balaban J connectivity index is 1.54. The Kier molecular flexibility index (Phi) is 4.42. The van der Waals surface area contributed by atoms with Gasteiger partial charge in [0.2, 0.25) is 5.91 Å². The molecule has 114 valence electrons. The maximum atomic E-state index is 12.6. The Morgan fingerprint density at radius 1 is 1.19 bits per heavy atom. The molecule has 1 unspecified atom stereocenters. The van der Waals surface area contributed by atoms with E-state index in [1.165, 1.54) is 25.7 Å². The van der Waals surface area contributed by atoms with Gasteiger partial charge in [0.25, 0.3) is 0 Å². The molecule has 0 radical (unpaired) electrons. The van der Waals surface area contributed by atoms with E-state index >= 15 is 0 Å². The van der Waals surface area contributed by atoms with Gasteiger partial charge in [-0.1, -0.05) is 25.8 Å². The van der Waals surface area contributed by atoms with Crippen molar-refractivity contribution in [2.75, 3.05) is 31.1 Å². The van der Waals surface area contributed by atoms with E-state index in [2.05, 4.69) is 21.7 Å². The van der Waals surface area contributed by atoms with Gasteiger partial charge in [-0.25, -0.2) is 4.98 Å². The number of hydrogen-bond donors (Lipinski definition) is 0. The molecule has 0 bridgehead atoms. The van der Waals surface area contributed by atoms with Gasteiger partial charge in [-0.15, -0.1) is 0 Å². The topological polar surface area (TPSA) is 36.4 Å². The van der Waals surface area contributed by atoms with Crippen LogP contribution in [0.4, 0.5) is 5.82 Å². The highest BCUT2D eigenvalue weighted by Gasteiger charge is 2.31. The predicted octanol–water partition coefficient (Wildman–Crippen LogP) is 2.56. The Bertz CT molecular complexity index is 462. The largest absolute Gasteiger partial charge is 0.353 e. The summed E-state index contributed by atoms with van der Waals surface area (Å²) < 4.78 is 0. The number of hydrogen-bond acceptors (Lipinski definition) is 3. The number of piperazine rings is 1. The summed E-state index contributed by atoms with van der Waals surface area (Å²) in [7, 11) is 0. The first-order chi connectivity index (χ1) is 10.3. The van der Waals surface area contributed by atoms with Crippen molar-refractivity contribution in [3.8, 4) is 0 Å². The van der Waals surface area contributed by atoms with Crippen molar-refractivity contribution < 1.29 is 4.79 Å². The molecule has 2 fully saturated rings. The fourth-order valence-corrected chi connectivity index (χ4v) is 3.64. The minimum Gasteiger partial charge on any atom is -0.353 e. The third-order valence-electron chi connectivity index (χ3n) is 5.06. The summed E-state index contributed by atoms with van der Waals surface area (Å²) in [6.45, 7) is 5.56. The van der Waals surface area contributed by atoms with E-state index in [1.807, 2.05) is 24.4 Å². The number of pyridine rings is 1. The molecule has 2 heterocycles. The normalized spacial score (nSPS) is 21.6. The zero-order valence-electron chi connectivity index (χ0n) is 12.9. The van der Waals surface area contributed by atoms with Crippen molar-refractivity contribution in [3.05, 3.63) is 24.4 Å². The first-order valence-corrected chi connectivity index (χ1v) is 8.20. The number of carbonyl (C=O) groups is 1. The van der Waals surface area contributed by atoms with Crippen molar-refractivity contribution in [1.82, 2.24) is 9.88 Å². The molecular formula is C17H25N3O. The quantitative estimate of drug-likeness (QED) is 0.857. The van der Waals surface area contributed by atoms with Crippen LogP contribution in [0.25, 0.3) is 0 Å². The minimum atomic E-state index is 0.203. The van der Waals surface area contributed by atoms with E-state index < -0.39 is 0 Å². The van der Waals surface area contributed by atoms with Gasteiger partial charge in [0, 0.05) is 38.3 Å². The van der Waals surface area contributed by atoms with Crippen LogP contribution < -0.4 is 4.90 Å². The van der Waals surface area contributed by atoms with Crippen LogP contribution in [0.5, 0.6) is 0 Å². The van der Waals surface area contributed by atoms with Crippen LogP contribution >= 0.6 is 0 Å². The van der Waals surface area contributed by atoms with E-state index in [-0.39, 0.29) is 5.92 Å². The van der Waals surface area contributed by atoms with E-state index in [9.17, 15) is 4.79 Å². The van der Waals surface area contributed by atoms with Crippen LogP contribution in [0.2, 0.25) is 0 Å². The van der Waals surface area contributed by atoms with Crippen LogP contribution in [0.1, 0.15) is 32.6 Å². The summed E-state index contributed by atoms with van der Waals surface area (Å²) in [4.78, 5) is 21.3. The summed E-state index contributed by atoms with van der Waals surface area (Å²) >= 11 is 0. The maximum absolute atomic E-state index is 12.6. The van der Waals surface area contributed by atoms with Gasteiger partial charge in [-0.05, 0) is 30.9 Å². The lowest BCUT2D eigenvalue weighted by atomic mass is 9.91. The van der Waals surface area contributed by atoms with Crippen LogP contribution in [-0.2, 0) is 4.79 Å². The second-order valence-electron chi connectivity index (χ2n) is 6.33. The van der Waals surface area contributed by atoms with Gasteiger partial charge in [-0.2, -0.15) is 0 Å². The second kappa shape index (κ2) is 6.46. The van der Waals surface area contributed by atoms with E-state index in [0.29, 0.717) is 11.8 Å². The maximum Gasteiger partial charge on any atom is 0.225 e. The highest BCUT2D eigenvalue weighted by atomic mass is 16.2. The average Bonchev–Trinajstić information content (AvgIpc) is 3.09. The number of anilines is 1. The highest BCUT2D eigenvalue weighted by molar-refractivity contribution is 5.79. The van der Waals surface area contributed by atoms with Crippen molar-refractivity contribution in [2.24, 2.45) is 11.8 Å². The Labute approximate surface area is 127 Å². The Hall–Kier alpha value is -1.58. The highest BCUT2D eigenvalue weighted by Crippen LogP contribution is 2.32. The molecule has 1 aromatic heterocycles. The summed E-state index contributed by atoms with van der Waals surface area (Å²) in [6.07, 6.45) is 6.90. The molecule has 4 nitrogen and oxygen atoms in total. The molecule has 21 heavy (non-hydrogen) atoms. The lowest BCUT2D eigenvalue weighted by Gasteiger charge is -2.37. The zero-order valence-corrected chi connectivity index (χ0v) is 12.9. The first kappa shape index (κ1) is 14.4. The molecule has 1 saturated carbocycles. The lowest BCUT2D eigenvalue weighted by molar-refractivity contribution is -0.137. The van der Waals surface area contributed by atoms with Crippen molar-refractivity contribution in [1.29, 1.82) is 0 Å². The molecule has 1 amide bonds. The van der Waals surface area contributed by atoms with Crippen LogP contribution in [0.3, 0.4) is 0 Å². The molecule has 1 aliphatic heterocycles. The standard InChI is InChI=1S/C17H25N3O/c1-14(15-6-2-3-7-15)17(21)20-12-10-19(11-13-20)16-8-4-5-9-18-16/h4-5,8-9,14-15H,2-3,6-7,10-13H2,1H3. The monoisotopic (exact) mass is 287 g/mol. The molecule has 1 atom stereocenters. The summed E-state index contributed by atoms with van der Waals surface area (Å²) in [5.74, 6) is 2.20. The molecule has 3 rings (SSSR count). The van der Waals surface area contributed by atoms with E-state index in [4.69, 9.17) is 0 Å². The Morgan fingerprint density at radius 2 is 1.90 bits per heavy atom. The van der Waals surface area contributed by atoms with Gasteiger partial charge in [-0.3, -0.25) is 4.79 Å². The summed E-state index contributed by atoms with van der Waals surface area (Å²) in [5.41, 5.74) is 0. The third-order valence-corrected chi connectivity index (χ3v) is 5.06. The van der Waals surface area contributed by atoms with Gasteiger partial charge in [0.1, 0.15) is 5.82 Å². The number of nitrogens with zero attached hydrogens (tertiary/aromatic N) is 3. The molecule has 0 aromatic carbocycles. The van der Waals surface area contributed by atoms with Gasteiger partial charge >= 0.3 is 0 Å². The fourth-order valence-electron chi connectivity index (χ4n) is 3.64. The molecule has 4 heteroatoms. The predicted molar refractivity (Wildman–Crippen MR) is 84.2 cm³/mol. The molecular weight excluding hydrogens is 262 g/mol. The molecule has 1 saturated heterocycles. The smallest absolute Gasteiger partial charge is 0.225 e. The molecule has 0 N–H and O–H groups in total. The first-order valence-electron chi connectivity index (χ1n) is 8.20. The zero-order chi connectivity index (χ0) is 14.7. The van der Waals surface area contributed by atoms with Crippen molar-refractivity contribution in [2.45, 2.75) is 32.6 Å². The molecule has 0 spiro atoms. The van der Waals surface area contributed by atoms with Crippen LogP contribution in [-0.4, -0.2) is 42.0 Å². The average molecular weight is 287 g/mol. The minimum absolute atomic E-state index is 0.203. The van der Waals surface area contributed by atoms with Crippen molar-refractivity contribution in [3.63, 3.8) is 0 Å². The van der Waals surface area contributed by atoms with E-state index in [1.54, 1.807) is 0 Å². The Morgan fingerprint density at radius 3 is 2.52 bits per heavy atom. The number of rotatable bonds is 3. The third kappa shape index (κ3) is 3.20. The molecule has 2 aliphatic rings. The summed E-state index contributed by atoms with van der Waals surface area (Å²) in [6, 6.07) is 5.99. The van der Waals surface area contributed by atoms with Crippen molar-refractivity contribution >= 4 is 11.7 Å². The lowest BCUT2D eigenvalue weighted by Crippen LogP contribution is -2.51. The van der Waals surface area contributed by atoms with Gasteiger partial charge in [0.15, 0.2) is 0 Å². The number of amides is 1. The molecule has 1 aromatic rings. The summed E-state index contributed by atoms with van der Waals surface area (Å²) in [5, 5.41) is 0.